The first-order valence-electron chi connectivity index (χ1n) is 12.9. The van der Waals surface area contributed by atoms with Crippen LogP contribution in [0.3, 0.4) is 0 Å². The fourth-order valence-corrected chi connectivity index (χ4v) is 4.43. The van der Waals surface area contributed by atoms with Crippen LogP contribution in [0.1, 0.15) is 49.4 Å². The predicted molar refractivity (Wildman–Crippen MR) is 141 cm³/mol. The first kappa shape index (κ1) is 30.2. The number of aliphatic hydroxyl groups is 1. The van der Waals surface area contributed by atoms with Gasteiger partial charge in [-0.05, 0) is 57.8 Å². The van der Waals surface area contributed by atoms with Crippen LogP contribution in [0.25, 0.3) is 5.69 Å². The van der Waals surface area contributed by atoms with E-state index in [1.807, 2.05) is 51.0 Å². The second kappa shape index (κ2) is 14.0. The number of para-hydroxylation sites is 1. The van der Waals surface area contributed by atoms with Gasteiger partial charge in [-0.25, -0.2) is 0 Å². The molecule has 2 atom stereocenters. The Morgan fingerprint density at radius 1 is 1.00 bits per heavy atom. The molecule has 9 nitrogen and oxygen atoms in total. The van der Waals surface area contributed by atoms with E-state index in [-0.39, 0.29) is 44.4 Å². The number of hydrogen-bond donors (Lipinski definition) is 3. The second-order valence-electron chi connectivity index (χ2n) is 9.62. The van der Waals surface area contributed by atoms with Crippen LogP contribution in [0.4, 0.5) is 0 Å². The molecular formula is C28H42N2O7. The molecule has 1 aromatic carbocycles. The number of aromatic nitrogens is 1. The summed E-state index contributed by atoms with van der Waals surface area (Å²) in [5.74, 6) is -2.65. The lowest BCUT2D eigenvalue weighted by atomic mass is 9.89. The van der Waals surface area contributed by atoms with Crippen LogP contribution < -0.4 is 0 Å². The third-order valence-corrected chi connectivity index (χ3v) is 6.61. The van der Waals surface area contributed by atoms with Gasteiger partial charge in [0.15, 0.2) is 0 Å². The Hall–Kier alpha value is -3.04. The first-order chi connectivity index (χ1) is 17.6. The maximum atomic E-state index is 12.9. The number of carbonyl (C=O) groups excluding carboxylic acids is 2. The zero-order valence-electron chi connectivity index (χ0n) is 22.9. The quantitative estimate of drug-likeness (QED) is 0.326. The molecule has 0 spiro atoms. The first-order valence-corrected chi connectivity index (χ1v) is 12.9. The molecule has 206 valence electrons. The molecule has 0 fully saturated rings. The summed E-state index contributed by atoms with van der Waals surface area (Å²) in [6.07, 6.45) is 1.59. The van der Waals surface area contributed by atoms with Crippen molar-refractivity contribution in [3.8, 4) is 17.4 Å². The summed E-state index contributed by atoms with van der Waals surface area (Å²) >= 11 is 0. The highest BCUT2D eigenvalue weighted by molar-refractivity contribution is 5.76. The Morgan fingerprint density at radius 2 is 1.59 bits per heavy atom. The standard InChI is InChI=1S/C28H42N2O7/c1-7-20-10-9-11-21(8-2)24(20)30-25(32)19(4)23(26(30)33)17-22(28(35)37-15-13-31)16-18(3)27(34)36-14-12-29(5)6/h9-11,18,22,31-33H,7-8,12-17H2,1-6H3. The average Bonchev–Trinajstić information content (AvgIpc) is 3.08. The van der Waals surface area contributed by atoms with E-state index >= 15 is 0 Å². The minimum Gasteiger partial charge on any atom is -0.494 e. The lowest BCUT2D eigenvalue weighted by Gasteiger charge is -2.20. The number of aryl methyl sites for hydroxylation is 2. The number of aliphatic hydroxyl groups excluding tert-OH is 1. The number of esters is 2. The zero-order valence-corrected chi connectivity index (χ0v) is 22.9. The van der Waals surface area contributed by atoms with E-state index in [0.29, 0.717) is 30.5 Å². The van der Waals surface area contributed by atoms with E-state index in [2.05, 4.69) is 0 Å². The van der Waals surface area contributed by atoms with Crippen molar-refractivity contribution >= 4 is 11.9 Å². The largest absolute Gasteiger partial charge is 0.494 e. The van der Waals surface area contributed by atoms with Crippen LogP contribution in [0.5, 0.6) is 11.8 Å². The van der Waals surface area contributed by atoms with Gasteiger partial charge in [-0.1, -0.05) is 39.0 Å². The summed E-state index contributed by atoms with van der Waals surface area (Å²) in [4.78, 5) is 27.4. The highest BCUT2D eigenvalue weighted by atomic mass is 16.5. The summed E-state index contributed by atoms with van der Waals surface area (Å²) in [5, 5.41) is 31.5. The Kier molecular flexibility index (Phi) is 11.5. The lowest BCUT2D eigenvalue weighted by Crippen LogP contribution is -2.28. The molecule has 0 aliphatic rings. The maximum Gasteiger partial charge on any atom is 0.309 e. The molecule has 2 aromatic rings. The van der Waals surface area contributed by atoms with Gasteiger partial charge in [0.05, 0.1) is 24.1 Å². The van der Waals surface area contributed by atoms with Crippen molar-refractivity contribution in [1.29, 1.82) is 0 Å². The third-order valence-electron chi connectivity index (χ3n) is 6.61. The normalized spacial score (nSPS) is 13.0. The molecule has 1 heterocycles. The summed E-state index contributed by atoms with van der Waals surface area (Å²) in [6.45, 7) is 7.72. The minimum absolute atomic E-state index is 0.0492. The molecule has 37 heavy (non-hydrogen) atoms. The molecule has 9 heteroatoms. The van der Waals surface area contributed by atoms with Crippen molar-refractivity contribution < 1.29 is 34.4 Å². The summed E-state index contributed by atoms with van der Waals surface area (Å²) in [5.41, 5.74) is 3.53. The molecule has 0 aliphatic carbocycles. The van der Waals surface area contributed by atoms with Crippen LogP contribution in [-0.2, 0) is 38.3 Å². The van der Waals surface area contributed by atoms with Crippen LogP contribution in [-0.4, -0.2) is 77.2 Å². The molecule has 0 radical (unpaired) electrons. The topological polar surface area (TPSA) is 121 Å². The third kappa shape index (κ3) is 7.49. The Balaban J connectivity index is 2.41. The van der Waals surface area contributed by atoms with E-state index in [1.165, 1.54) is 4.57 Å². The second-order valence-corrected chi connectivity index (χ2v) is 9.62. The van der Waals surface area contributed by atoms with E-state index in [4.69, 9.17) is 14.6 Å². The SMILES string of the molecule is CCc1cccc(CC)c1-n1c(O)c(C)c(CC(CC(C)C(=O)OCCN(C)C)C(=O)OCCO)c1O. The fourth-order valence-electron chi connectivity index (χ4n) is 4.43. The van der Waals surface area contributed by atoms with E-state index < -0.39 is 23.8 Å². The summed E-state index contributed by atoms with van der Waals surface area (Å²) < 4.78 is 12.0. The highest BCUT2D eigenvalue weighted by Crippen LogP contribution is 2.40. The van der Waals surface area contributed by atoms with Crippen molar-refractivity contribution in [2.75, 3.05) is 40.5 Å². The monoisotopic (exact) mass is 518 g/mol. The van der Waals surface area contributed by atoms with E-state index in [0.717, 1.165) is 16.8 Å². The molecule has 2 rings (SSSR count). The number of benzene rings is 1. The Labute approximate surface area is 219 Å². The van der Waals surface area contributed by atoms with Crippen LogP contribution in [0.15, 0.2) is 18.2 Å². The number of ether oxygens (including phenoxy) is 2. The Morgan fingerprint density at radius 3 is 2.14 bits per heavy atom. The van der Waals surface area contributed by atoms with Crippen LogP contribution >= 0.6 is 0 Å². The van der Waals surface area contributed by atoms with Gasteiger partial charge in [-0.15, -0.1) is 0 Å². The lowest BCUT2D eigenvalue weighted by molar-refractivity contribution is -0.153. The van der Waals surface area contributed by atoms with Gasteiger partial charge in [0, 0.05) is 17.7 Å². The smallest absolute Gasteiger partial charge is 0.309 e. The molecule has 0 saturated carbocycles. The van der Waals surface area contributed by atoms with Crippen molar-refractivity contribution in [1.82, 2.24) is 9.47 Å². The number of carbonyl (C=O) groups is 2. The zero-order chi connectivity index (χ0) is 27.7. The molecule has 0 amide bonds. The van der Waals surface area contributed by atoms with Crippen LogP contribution in [0, 0.1) is 18.8 Å². The predicted octanol–water partition coefficient (Wildman–Crippen LogP) is 3.15. The van der Waals surface area contributed by atoms with Crippen molar-refractivity contribution in [3.63, 3.8) is 0 Å². The molecule has 3 N–H and O–H groups in total. The van der Waals surface area contributed by atoms with Crippen molar-refractivity contribution in [2.24, 2.45) is 11.8 Å². The molecular weight excluding hydrogens is 476 g/mol. The highest BCUT2D eigenvalue weighted by Gasteiger charge is 2.31. The number of likely N-dealkylation sites (N-methyl/N-ethyl adjacent to an activating group) is 1. The number of nitrogens with zero attached hydrogens (tertiary/aromatic N) is 2. The molecule has 2 unspecified atom stereocenters. The summed E-state index contributed by atoms with van der Waals surface area (Å²) in [7, 11) is 3.76. The van der Waals surface area contributed by atoms with Gasteiger partial charge < -0.3 is 29.7 Å². The van der Waals surface area contributed by atoms with Gasteiger partial charge >= 0.3 is 11.9 Å². The van der Waals surface area contributed by atoms with Gasteiger partial charge in [-0.2, -0.15) is 0 Å². The van der Waals surface area contributed by atoms with Gasteiger partial charge in [0.1, 0.15) is 13.2 Å². The van der Waals surface area contributed by atoms with Gasteiger partial charge in [0.25, 0.3) is 0 Å². The van der Waals surface area contributed by atoms with Gasteiger partial charge in [-0.3, -0.25) is 14.2 Å². The number of hydrogen-bond acceptors (Lipinski definition) is 8. The van der Waals surface area contributed by atoms with E-state index in [1.54, 1.807) is 13.8 Å². The maximum absolute atomic E-state index is 12.9. The van der Waals surface area contributed by atoms with Crippen molar-refractivity contribution in [2.45, 2.75) is 53.4 Å². The molecule has 1 aromatic heterocycles. The van der Waals surface area contributed by atoms with Gasteiger partial charge in [0.2, 0.25) is 11.8 Å². The number of rotatable bonds is 14. The average molecular weight is 519 g/mol. The molecule has 0 aliphatic heterocycles. The molecule has 0 saturated heterocycles. The Bertz CT molecular complexity index is 1040. The van der Waals surface area contributed by atoms with Crippen molar-refractivity contribution in [3.05, 3.63) is 40.5 Å². The number of aromatic hydroxyl groups is 2. The van der Waals surface area contributed by atoms with Crippen LogP contribution in [0.2, 0.25) is 0 Å². The van der Waals surface area contributed by atoms with E-state index in [9.17, 15) is 19.8 Å². The summed E-state index contributed by atoms with van der Waals surface area (Å²) in [6, 6.07) is 5.88. The fraction of sp³-hybridized carbons (Fsp3) is 0.571. The minimum atomic E-state index is -0.796. The molecule has 0 bridgehead atoms.